The van der Waals surface area contributed by atoms with Gasteiger partial charge < -0.3 is 9.64 Å². The lowest BCUT2D eigenvalue weighted by molar-refractivity contribution is -0.136. The molecule has 0 saturated carbocycles. The summed E-state index contributed by atoms with van der Waals surface area (Å²) in [7, 11) is 0. The van der Waals surface area contributed by atoms with Crippen LogP contribution < -0.4 is 5.56 Å². The van der Waals surface area contributed by atoms with Crippen molar-refractivity contribution in [3.05, 3.63) is 34.5 Å². The quantitative estimate of drug-likeness (QED) is 0.753. The Morgan fingerprint density at radius 1 is 1.40 bits per heavy atom. The smallest absolute Gasteiger partial charge is 0.291 e. The van der Waals surface area contributed by atoms with Crippen LogP contribution in [0.3, 0.4) is 0 Å². The largest absolute Gasteiger partial charge is 0.378 e. The molecule has 1 aliphatic heterocycles. The summed E-state index contributed by atoms with van der Waals surface area (Å²) in [4.78, 5) is 26.1. The van der Waals surface area contributed by atoms with Gasteiger partial charge in [-0.1, -0.05) is 0 Å². The highest BCUT2D eigenvalue weighted by molar-refractivity contribution is 5.76. The van der Waals surface area contributed by atoms with Crippen molar-refractivity contribution in [2.75, 3.05) is 26.3 Å². The number of rotatable bonds is 2. The van der Waals surface area contributed by atoms with Crippen LogP contribution in [-0.4, -0.2) is 51.3 Å². The van der Waals surface area contributed by atoms with E-state index >= 15 is 0 Å². The van der Waals surface area contributed by atoms with Crippen LogP contribution in [0, 0.1) is 6.92 Å². The summed E-state index contributed by atoms with van der Waals surface area (Å²) in [6.45, 7) is 4.01. The second-order valence-corrected chi connectivity index (χ2v) is 4.77. The van der Waals surface area contributed by atoms with Crippen molar-refractivity contribution in [1.29, 1.82) is 0 Å². The van der Waals surface area contributed by atoms with Crippen LogP contribution in [0.4, 0.5) is 0 Å². The third-order valence-electron chi connectivity index (χ3n) is 3.47. The normalized spacial score (nSPS) is 15.8. The van der Waals surface area contributed by atoms with E-state index in [0.717, 1.165) is 0 Å². The predicted molar refractivity (Wildman–Crippen MR) is 71.6 cm³/mol. The van der Waals surface area contributed by atoms with E-state index in [2.05, 4.69) is 5.10 Å². The summed E-state index contributed by atoms with van der Waals surface area (Å²) in [5.41, 5.74) is 0.287. The van der Waals surface area contributed by atoms with Gasteiger partial charge in [0, 0.05) is 19.3 Å². The molecule has 0 radical (unpaired) electrons. The molecule has 0 N–H and O–H groups in total. The van der Waals surface area contributed by atoms with Crippen LogP contribution in [0.1, 0.15) is 5.82 Å². The molecule has 20 heavy (non-hydrogen) atoms. The van der Waals surface area contributed by atoms with E-state index in [4.69, 9.17) is 4.74 Å². The van der Waals surface area contributed by atoms with Gasteiger partial charge in [-0.05, 0) is 19.1 Å². The van der Waals surface area contributed by atoms with E-state index < -0.39 is 0 Å². The second-order valence-electron chi connectivity index (χ2n) is 4.77. The van der Waals surface area contributed by atoms with Gasteiger partial charge in [0.1, 0.15) is 17.9 Å². The molecule has 2 aromatic heterocycles. The molecular weight excluding hydrogens is 260 g/mol. The van der Waals surface area contributed by atoms with Crippen molar-refractivity contribution in [2.24, 2.45) is 0 Å². The molecule has 1 saturated heterocycles. The number of carbonyl (C=O) groups excluding carboxylic acids is 1. The predicted octanol–water partition coefficient (Wildman–Crippen LogP) is -0.337. The first-order valence-electron chi connectivity index (χ1n) is 6.57. The van der Waals surface area contributed by atoms with Gasteiger partial charge in [0.2, 0.25) is 5.91 Å². The number of nitrogens with zero attached hydrogens (tertiary/aromatic N) is 4. The number of morpholine rings is 1. The third-order valence-corrected chi connectivity index (χ3v) is 3.47. The minimum absolute atomic E-state index is 0.0264. The van der Waals surface area contributed by atoms with Crippen LogP contribution in [0.2, 0.25) is 0 Å². The van der Waals surface area contributed by atoms with Crippen LogP contribution in [0.5, 0.6) is 0 Å². The number of ether oxygens (including phenoxy) is 1. The molecule has 1 amide bonds. The zero-order chi connectivity index (χ0) is 14.1. The van der Waals surface area contributed by atoms with E-state index in [1.165, 1.54) is 4.68 Å². The van der Waals surface area contributed by atoms with E-state index in [9.17, 15) is 9.59 Å². The highest BCUT2D eigenvalue weighted by atomic mass is 16.5. The number of amides is 1. The topological polar surface area (TPSA) is 68.8 Å². The molecule has 0 aliphatic carbocycles. The standard InChI is InChI=1S/C13H16N4O3/c1-10-14-17(13(19)11-3-2-4-16(10)11)9-12(18)15-5-7-20-8-6-15/h2-4H,5-9H2,1H3. The molecule has 7 heteroatoms. The second kappa shape index (κ2) is 5.09. The van der Waals surface area contributed by atoms with Gasteiger partial charge >= 0.3 is 0 Å². The molecule has 3 heterocycles. The zero-order valence-electron chi connectivity index (χ0n) is 11.3. The molecule has 0 spiro atoms. The lowest BCUT2D eigenvalue weighted by Crippen LogP contribution is -2.44. The van der Waals surface area contributed by atoms with Gasteiger partial charge in [-0.15, -0.1) is 0 Å². The summed E-state index contributed by atoms with van der Waals surface area (Å²) >= 11 is 0. The molecular formula is C13H16N4O3. The van der Waals surface area contributed by atoms with E-state index in [1.807, 2.05) is 6.92 Å². The molecule has 0 aromatic carbocycles. The first kappa shape index (κ1) is 12.9. The monoisotopic (exact) mass is 276 g/mol. The Hall–Kier alpha value is -2.15. The first-order valence-corrected chi connectivity index (χ1v) is 6.57. The molecule has 0 atom stereocenters. The Labute approximate surface area is 115 Å². The van der Waals surface area contributed by atoms with Crippen molar-refractivity contribution in [3.8, 4) is 0 Å². The number of hydrogen-bond donors (Lipinski definition) is 0. The number of hydrogen-bond acceptors (Lipinski definition) is 4. The van der Waals surface area contributed by atoms with Crippen LogP contribution in [0.15, 0.2) is 23.1 Å². The van der Waals surface area contributed by atoms with Gasteiger partial charge in [0.15, 0.2) is 0 Å². The Kier molecular flexibility index (Phi) is 3.27. The van der Waals surface area contributed by atoms with Crippen molar-refractivity contribution >= 4 is 11.4 Å². The number of carbonyl (C=O) groups is 1. The van der Waals surface area contributed by atoms with E-state index in [0.29, 0.717) is 37.6 Å². The van der Waals surface area contributed by atoms with Gasteiger partial charge in [-0.2, -0.15) is 5.10 Å². The maximum Gasteiger partial charge on any atom is 0.291 e. The van der Waals surface area contributed by atoms with Gasteiger partial charge in [0.05, 0.1) is 13.2 Å². The molecule has 3 rings (SSSR count). The average Bonchev–Trinajstić information content (AvgIpc) is 2.95. The summed E-state index contributed by atoms with van der Waals surface area (Å²) in [6.07, 6.45) is 1.78. The zero-order valence-corrected chi connectivity index (χ0v) is 11.3. The number of fused-ring (bicyclic) bond motifs is 1. The van der Waals surface area contributed by atoms with E-state index in [-0.39, 0.29) is 18.0 Å². The minimum atomic E-state index is -0.248. The Morgan fingerprint density at radius 2 is 2.15 bits per heavy atom. The summed E-state index contributed by atoms with van der Waals surface area (Å²) in [6, 6.07) is 3.52. The fourth-order valence-corrected chi connectivity index (χ4v) is 2.39. The van der Waals surface area contributed by atoms with Crippen molar-refractivity contribution in [2.45, 2.75) is 13.5 Å². The maximum atomic E-state index is 12.2. The molecule has 1 fully saturated rings. The van der Waals surface area contributed by atoms with Gasteiger partial charge in [0.25, 0.3) is 5.56 Å². The third kappa shape index (κ3) is 2.20. The minimum Gasteiger partial charge on any atom is -0.378 e. The summed E-state index contributed by atoms with van der Waals surface area (Å²) < 4.78 is 8.17. The Bertz CT molecular complexity index is 697. The van der Waals surface area contributed by atoms with Crippen LogP contribution in [0.25, 0.3) is 5.52 Å². The van der Waals surface area contributed by atoms with Crippen LogP contribution >= 0.6 is 0 Å². The van der Waals surface area contributed by atoms with Gasteiger partial charge in [-0.3, -0.25) is 14.0 Å². The Balaban J connectivity index is 1.88. The lowest BCUT2D eigenvalue weighted by Gasteiger charge is -2.26. The summed E-state index contributed by atoms with van der Waals surface area (Å²) in [5.74, 6) is 0.581. The first-order chi connectivity index (χ1) is 9.66. The summed E-state index contributed by atoms with van der Waals surface area (Å²) in [5, 5.41) is 4.20. The fourth-order valence-electron chi connectivity index (χ4n) is 2.39. The fraction of sp³-hybridized carbons (Fsp3) is 0.462. The molecule has 0 bridgehead atoms. The SMILES string of the molecule is Cc1nn(CC(=O)N2CCOCC2)c(=O)c2cccn12. The molecule has 0 unspecified atom stereocenters. The van der Waals surface area contributed by atoms with Gasteiger partial charge in [-0.25, -0.2) is 4.68 Å². The van der Waals surface area contributed by atoms with E-state index in [1.54, 1.807) is 27.6 Å². The maximum absolute atomic E-state index is 12.2. The van der Waals surface area contributed by atoms with Crippen LogP contribution in [-0.2, 0) is 16.1 Å². The van der Waals surface area contributed by atoms with Crippen molar-refractivity contribution in [1.82, 2.24) is 19.1 Å². The molecule has 106 valence electrons. The Morgan fingerprint density at radius 3 is 2.90 bits per heavy atom. The number of aromatic nitrogens is 3. The lowest BCUT2D eigenvalue weighted by atomic mass is 10.4. The van der Waals surface area contributed by atoms with Crippen molar-refractivity contribution in [3.63, 3.8) is 0 Å². The highest BCUT2D eigenvalue weighted by Gasteiger charge is 2.18. The average molecular weight is 276 g/mol. The highest BCUT2D eigenvalue weighted by Crippen LogP contribution is 2.02. The molecule has 2 aromatic rings. The number of aryl methyl sites for hydroxylation is 1. The molecule has 1 aliphatic rings. The van der Waals surface area contributed by atoms with Crippen molar-refractivity contribution < 1.29 is 9.53 Å². The molecule has 7 nitrogen and oxygen atoms in total.